The molecule has 3 saturated carbocycles. The van der Waals surface area contributed by atoms with Crippen LogP contribution in [0.5, 0.6) is 0 Å². The van der Waals surface area contributed by atoms with E-state index in [9.17, 15) is 50.4 Å². The van der Waals surface area contributed by atoms with Crippen LogP contribution in [0.4, 0.5) is 9.59 Å². The molecule has 23 atom stereocenters. The van der Waals surface area contributed by atoms with Crippen molar-refractivity contribution in [1.82, 2.24) is 10.6 Å². The Morgan fingerprint density at radius 3 is 1.55 bits per heavy atom. The molecule has 0 radical (unpaired) electrons. The highest BCUT2D eigenvalue weighted by Crippen LogP contribution is 2.68. The maximum absolute atomic E-state index is 13.8. The van der Waals surface area contributed by atoms with Gasteiger partial charge in [0.2, 0.25) is 0 Å². The first-order valence-corrected chi connectivity index (χ1v) is 36.4. The SMILES string of the molecule is C.CC[C@]1(C)C(C)(CO)O[C@](C)(COC[C@]2(C)C(C)(COC(=O)NCCCCCCNC(=O)OC3CCC4(C)C(=CCC5C4CCC4(C)C(C(C)CCCC(C)C)CCC54)C3)O[C@](C)(COCC3(C)O[C@](C)(COC)C(C)(O)[C@](C)(O)[C@]3(C)O)C(C)(O)[C@]2(C)O)C(C)(O)[C@]1(C)O. The summed E-state index contributed by atoms with van der Waals surface area (Å²) in [6, 6.07) is 0. The number of amides is 2. The molecule has 14 unspecified atom stereocenters. The van der Waals surface area contributed by atoms with Crippen molar-refractivity contribution in [2.24, 2.45) is 57.2 Å². The fourth-order valence-electron chi connectivity index (χ4n) is 20.2. The van der Waals surface area contributed by atoms with Gasteiger partial charge in [0.25, 0.3) is 0 Å². The number of hydrogen-bond acceptors (Lipinski definition) is 18. The Labute approximate surface area is 578 Å². The molecule has 0 aromatic rings. The van der Waals surface area contributed by atoms with Crippen molar-refractivity contribution in [3.63, 3.8) is 0 Å². The summed E-state index contributed by atoms with van der Waals surface area (Å²) in [6.45, 7) is 34.7. The van der Waals surface area contributed by atoms with Crippen LogP contribution < -0.4 is 10.6 Å². The number of alkyl carbamates (subject to hydrolysis) is 2. The second-order valence-electron chi connectivity index (χ2n) is 35.2. The number of allylic oxidation sites excluding steroid dienone is 1. The third-order valence-corrected chi connectivity index (χ3v) is 29.4. The van der Waals surface area contributed by atoms with Gasteiger partial charge >= 0.3 is 12.2 Å². The molecule has 4 aliphatic carbocycles. The van der Waals surface area contributed by atoms with Gasteiger partial charge in [-0.05, 0) is 201 Å². The van der Waals surface area contributed by atoms with Crippen molar-refractivity contribution in [3.8, 4) is 0 Å². The number of hydrogen-bond donors (Lipinski definition) is 10. The van der Waals surface area contributed by atoms with Crippen LogP contribution in [0.15, 0.2) is 11.6 Å². The average molecular weight is 1370 g/mol. The Hall–Kier alpha value is -2.28. The minimum atomic E-state index is -2.23. The molecule has 10 N–H and O–H groups in total. The number of unbranched alkanes of at least 4 members (excludes halogenated alkanes) is 3. The lowest BCUT2D eigenvalue weighted by Crippen LogP contribution is -2.85. The summed E-state index contributed by atoms with van der Waals surface area (Å²) in [5.41, 5.74) is -25.4. The molecule has 0 aromatic heterocycles. The minimum Gasteiger partial charge on any atom is -0.446 e. The molecule has 0 aromatic carbocycles. The molecule has 0 bridgehead atoms. The van der Waals surface area contributed by atoms with E-state index in [0.717, 1.165) is 74.5 Å². The van der Waals surface area contributed by atoms with Crippen molar-refractivity contribution in [2.75, 3.05) is 66.4 Å². The van der Waals surface area contributed by atoms with E-state index < -0.39 is 129 Å². The van der Waals surface area contributed by atoms with Crippen molar-refractivity contribution in [3.05, 3.63) is 11.6 Å². The number of methoxy groups -OCH3 is 1. The Bertz CT molecular complexity index is 2700. The minimum absolute atomic E-state index is 0. The molecule has 560 valence electrons. The van der Waals surface area contributed by atoms with E-state index in [4.69, 9.17) is 37.9 Å². The van der Waals surface area contributed by atoms with Gasteiger partial charge in [0, 0.05) is 32.0 Å². The van der Waals surface area contributed by atoms with Crippen LogP contribution in [0, 0.1) is 57.2 Å². The molecular formula is C76H138N2O18. The number of carbonyl (C=O) groups is 2. The number of fused-ring (bicyclic) bond motifs is 5. The van der Waals surface area contributed by atoms with Gasteiger partial charge in [-0.3, -0.25) is 0 Å². The van der Waals surface area contributed by atoms with Crippen LogP contribution in [0.2, 0.25) is 0 Å². The van der Waals surface area contributed by atoms with Crippen molar-refractivity contribution in [1.29, 1.82) is 0 Å². The first-order valence-electron chi connectivity index (χ1n) is 36.4. The molecule has 96 heavy (non-hydrogen) atoms. The van der Waals surface area contributed by atoms with Crippen molar-refractivity contribution < 1.29 is 88.3 Å². The third-order valence-electron chi connectivity index (χ3n) is 29.4. The second kappa shape index (κ2) is 28.4. The number of aliphatic hydroxyl groups excluding tert-OH is 1. The summed E-state index contributed by atoms with van der Waals surface area (Å²) in [7, 11) is 1.42. The van der Waals surface area contributed by atoms with Crippen LogP contribution in [-0.4, -0.2) is 198 Å². The summed E-state index contributed by atoms with van der Waals surface area (Å²) in [4.78, 5) is 27.0. The van der Waals surface area contributed by atoms with E-state index in [-0.39, 0.29) is 38.2 Å². The maximum Gasteiger partial charge on any atom is 0.407 e. The van der Waals surface area contributed by atoms with E-state index >= 15 is 0 Å². The van der Waals surface area contributed by atoms with Gasteiger partial charge in [0.05, 0.1) is 50.7 Å². The lowest BCUT2D eigenvalue weighted by atomic mass is 9.47. The predicted octanol–water partition coefficient (Wildman–Crippen LogP) is 11.0. The summed E-state index contributed by atoms with van der Waals surface area (Å²) < 4.78 is 50.7. The molecular weight excluding hydrogens is 1230 g/mol. The summed E-state index contributed by atoms with van der Waals surface area (Å²) >= 11 is 0. The zero-order chi connectivity index (χ0) is 71.7. The normalized spacial score (nSPS) is 47.9. The van der Waals surface area contributed by atoms with E-state index in [2.05, 4.69) is 51.3 Å². The second-order valence-corrected chi connectivity index (χ2v) is 35.2. The maximum atomic E-state index is 13.8. The zero-order valence-corrected chi connectivity index (χ0v) is 63.0. The lowest BCUT2D eigenvalue weighted by Gasteiger charge is -2.68. The molecule has 2 amide bonds. The molecule has 7 aliphatic rings. The molecule has 20 heteroatoms. The zero-order valence-electron chi connectivity index (χ0n) is 63.0. The Balaban J connectivity index is 0.0000146. The Morgan fingerprint density at radius 2 is 1.03 bits per heavy atom. The van der Waals surface area contributed by atoms with Gasteiger partial charge in [-0.25, -0.2) is 9.59 Å². The summed E-state index contributed by atoms with van der Waals surface area (Å²) in [5.74, 6) is 4.64. The summed E-state index contributed by atoms with van der Waals surface area (Å²) in [6.07, 6.45) is 17.8. The third kappa shape index (κ3) is 13.2. The Morgan fingerprint density at radius 1 is 0.542 bits per heavy atom. The summed E-state index contributed by atoms with van der Waals surface area (Å²) in [5, 5.41) is 103. The average Bonchev–Trinajstić information content (AvgIpc) is 0.844. The van der Waals surface area contributed by atoms with E-state index in [0.29, 0.717) is 30.7 Å². The fourth-order valence-corrected chi connectivity index (χ4v) is 20.2. The highest BCUT2D eigenvalue weighted by molar-refractivity contribution is 5.67. The topological polar surface area (TPSA) is 294 Å². The molecule has 6 fully saturated rings. The monoisotopic (exact) mass is 1370 g/mol. The largest absolute Gasteiger partial charge is 0.446 e. The van der Waals surface area contributed by atoms with Gasteiger partial charge in [0.15, 0.2) is 0 Å². The molecule has 20 nitrogen and oxygen atoms in total. The Kier molecular flexibility index (Phi) is 24.5. The van der Waals surface area contributed by atoms with E-state index in [1.807, 2.05) is 6.92 Å². The van der Waals surface area contributed by atoms with Crippen molar-refractivity contribution in [2.45, 2.75) is 334 Å². The number of nitrogens with one attached hydrogen (secondary N) is 2. The smallest absolute Gasteiger partial charge is 0.407 e. The van der Waals surface area contributed by atoms with Crippen LogP contribution in [-0.2, 0) is 37.9 Å². The molecule has 3 heterocycles. The molecule has 3 saturated heterocycles. The standard InChI is InChI=1S/C75H134N2O18.CH4/c1-23-61(7)63(9,42-78)93-66(12,71(17,83)69(61,15)81)45-89-43-62(8)64(10,94-67(13,72(18,84)70(62,16)82)46-90-47-68(14)74(20,86)75(21,87)73(19,85)65(11,95-68)44-88-22)48-91-57(79)76-39-26-24-25-27-40-77-58(80)92-52-35-37-59(5)51(41-52)31-32-53-55-34-33-54(50(4)30-28-29-49(2)3)60(55,6)38-36-56(53)59;/h31,49-50,52-56,78,81-87H,23-30,32-48H2,1-22H3,(H,76,79)(H,77,80);1H4/t50?,52?,53?,54?,55?,56?,59?,60?,61-,62-,63?,64?,65-,66-,67-,68?,69-,70-,71?,72?,73?,74-,75+;/m1./s1. The van der Waals surface area contributed by atoms with Crippen LogP contribution >= 0.6 is 0 Å². The van der Waals surface area contributed by atoms with E-state index in [1.54, 1.807) is 41.5 Å². The number of aliphatic hydroxyl groups is 8. The molecule has 7 rings (SSSR count). The highest BCUT2D eigenvalue weighted by atomic mass is 16.6. The molecule has 3 aliphatic heterocycles. The van der Waals surface area contributed by atoms with Gasteiger partial charge in [-0.2, -0.15) is 0 Å². The highest BCUT2D eigenvalue weighted by Gasteiger charge is 2.78. The number of carbonyl (C=O) groups excluding carboxylic acids is 2. The van der Waals surface area contributed by atoms with Gasteiger partial charge < -0.3 is 89.4 Å². The van der Waals surface area contributed by atoms with Crippen molar-refractivity contribution >= 4 is 12.2 Å². The number of ether oxygens (including phenoxy) is 8. The van der Waals surface area contributed by atoms with Gasteiger partial charge in [-0.1, -0.05) is 107 Å². The van der Waals surface area contributed by atoms with Crippen LogP contribution in [0.3, 0.4) is 0 Å². The first kappa shape index (κ1) is 82.7. The van der Waals surface area contributed by atoms with E-state index in [1.165, 1.54) is 120 Å². The predicted molar refractivity (Wildman–Crippen MR) is 371 cm³/mol. The fraction of sp³-hybridized carbons (Fsp3) is 0.947. The van der Waals surface area contributed by atoms with Gasteiger partial charge in [-0.15, -0.1) is 0 Å². The van der Waals surface area contributed by atoms with Gasteiger partial charge in [0.1, 0.15) is 79.9 Å². The number of rotatable bonds is 27. The lowest BCUT2D eigenvalue weighted by molar-refractivity contribution is -0.417. The van der Waals surface area contributed by atoms with Crippen LogP contribution in [0.25, 0.3) is 0 Å². The quantitative estimate of drug-likeness (QED) is 0.0270. The van der Waals surface area contributed by atoms with Crippen LogP contribution in [0.1, 0.15) is 256 Å². The first-order chi connectivity index (χ1) is 43.4. The molecule has 0 spiro atoms.